The van der Waals surface area contributed by atoms with Gasteiger partial charge in [-0.1, -0.05) is 11.6 Å². The van der Waals surface area contributed by atoms with Crippen molar-refractivity contribution in [3.63, 3.8) is 0 Å². The van der Waals surface area contributed by atoms with Gasteiger partial charge in [-0.15, -0.1) is 0 Å². The predicted molar refractivity (Wildman–Crippen MR) is 79.1 cm³/mol. The fourth-order valence-electron chi connectivity index (χ4n) is 2.50. The number of halogens is 1. The number of aromatic nitrogens is 4. The molecule has 3 heterocycles. The van der Waals surface area contributed by atoms with Crippen LogP contribution in [-0.2, 0) is 23.6 Å². The van der Waals surface area contributed by atoms with Gasteiger partial charge in [-0.2, -0.15) is 10.2 Å². The maximum atomic E-state index is 12.9. The third-order valence-corrected chi connectivity index (χ3v) is 6.09. The Morgan fingerprint density at radius 3 is 2.62 bits per heavy atom. The minimum absolute atomic E-state index is 0.202. The summed E-state index contributed by atoms with van der Waals surface area (Å²) in [5.41, 5.74) is 1.23. The van der Waals surface area contributed by atoms with Crippen molar-refractivity contribution < 1.29 is 8.42 Å². The number of rotatable bonds is 2. The summed E-state index contributed by atoms with van der Waals surface area (Å²) in [5, 5.41) is 8.70. The second-order valence-corrected chi connectivity index (χ2v) is 7.30. The van der Waals surface area contributed by atoms with Gasteiger partial charge in [0.15, 0.2) is 5.82 Å². The molecule has 0 N–H and O–H groups in total. The molecule has 2 aromatic heterocycles. The van der Waals surface area contributed by atoms with E-state index in [9.17, 15) is 8.42 Å². The van der Waals surface area contributed by atoms with Gasteiger partial charge in [0.1, 0.15) is 9.92 Å². The fourth-order valence-corrected chi connectivity index (χ4v) is 4.49. The summed E-state index contributed by atoms with van der Waals surface area (Å²) in [6, 6.07) is 0. The molecule has 3 rings (SSSR count). The summed E-state index contributed by atoms with van der Waals surface area (Å²) in [5.74, 6) is 0.448. The molecular weight excluding hydrogens is 314 g/mol. The maximum Gasteiger partial charge on any atom is 0.268 e. The lowest BCUT2D eigenvalue weighted by Crippen LogP contribution is -2.37. The van der Waals surface area contributed by atoms with Crippen molar-refractivity contribution in [1.82, 2.24) is 19.6 Å². The van der Waals surface area contributed by atoms with Gasteiger partial charge in [-0.05, 0) is 20.3 Å². The molecule has 0 fully saturated rings. The van der Waals surface area contributed by atoms with E-state index in [1.807, 2.05) is 0 Å². The highest BCUT2D eigenvalue weighted by Gasteiger charge is 2.35. The molecule has 0 saturated heterocycles. The molecule has 0 saturated carbocycles. The van der Waals surface area contributed by atoms with Crippen LogP contribution in [0.5, 0.6) is 0 Å². The lowest BCUT2D eigenvalue weighted by Gasteiger charge is -2.28. The molecule has 0 atom stereocenters. The number of sulfonamides is 1. The van der Waals surface area contributed by atoms with E-state index < -0.39 is 10.0 Å². The maximum absolute atomic E-state index is 12.9. The van der Waals surface area contributed by atoms with Crippen LogP contribution in [0.3, 0.4) is 0 Å². The zero-order chi connectivity index (χ0) is 15.4. The first-order valence-corrected chi connectivity index (χ1v) is 8.40. The van der Waals surface area contributed by atoms with Crippen molar-refractivity contribution in [2.24, 2.45) is 7.05 Å². The minimum Gasteiger partial charge on any atom is -0.272 e. The van der Waals surface area contributed by atoms with Crippen LogP contribution in [0.25, 0.3) is 0 Å². The molecular formula is C12H16ClN5O2S. The Hall–Kier alpha value is -1.54. The van der Waals surface area contributed by atoms with E-state index in [0.29, 0.717) is 41.7 Å². The lowest BCUT2D eigenvalue weighted by atomic mass is 10.3. The number of nitrogens with zero attached hydrogens (tertiary/aromatic N) is 5. The second-order valence-electron chi connectivity index (χ2n) is 5.09. The van der Waals surface area contributed by atoms with Gasteiger partial charge in [0.05, 0.1) is 17.6 Å². The van der Waals surface area contributed by atoms with Gasteiger partial charge in [0.25, 0.3) is 10.0 Å². The monoisotopic (exact) mass is 329 g/mol. The highest BCUT2D eigenvalue weighted by Crippen LogP contribution is 2.35. The first kappa shape index (κ1) is 14.4. The topological polar surface area (TPSA) is 73.0 Å². The van der Waals surface area contributed by atoms with Crippen LogP contribution >= 0.6 is 11.6 Å². The first-order valence-electron chi connectivity index (χ1n) is 6.58. The average molecular weight is 330 g/mol. The number of aryl methyl sites for hydroxylation is 3. The van der Waals surface area contributed by atoms with E-state index in [2.05, 4.69) is 10.2 Å². The molecule has 0 aromatic carbocycles. The van der Waals surface area contributed by atoms with Gasteiger partial charge < -0.3 is 0 Å². The summed E-state index contributed by atoms with van der Waals surface area (Å²) in [6.07, 6.45) is 2.07. The van der Waals surface area contributed by atoms with Gasteiger partial charge in [0, 0.05) is 20.1 Å². The number of anilines is 1. The molecule has 0 unspecified atom stereocenters. The van der Waals surface area contributed by atoms with E-state index in [0.717, 1.165) is 0 Å². The normalized spacial score (nSPS) is 15.3. The smallest absolute Gasteiger partial charge is 0.268 e. The van der Waals surface area contributed by atoms with Crippen LogP contribution in [0.15, 0.2) is 11.1 Å². The van der Waals surface area contributed by atoms with Crippen molar-refractivity contribution >= 4 is 27.4 Å². The highest BCUT2D eigenvalue weighted by molar-refractivity contribution is 7.92. The molecule has 9 heteroatoms. The Labute approximate surface area is 128 Å². The predicted octanol–water partition coefficient (Wildman–Crippen LogP) is 1.49. The van der Waals surface area contributed by atoms with E-state index in [4.69, 9.17) is 11.6 Å². The Bertz CT molecular complexity index is 808. The van der Waals surface area contributed by atoms with Crippen molar-refractivity contribution in [2.45, 2.75) is 31.7 Å². The standard InChI is InChI=1S/C12H16ClN5O2S/c1-8-11(13)12-17(15-8)5-4-6-18(12)21(19,20)10-7-14-16(3)9(10)2/h7H,4-6H2,1-3H3. The molecule has 1 aliphatic heterocycles. The quantitative estimate of drug-likeness (QED) is 0.836. The van der Waals surface area contributed by atoms with E-state index in [1.165, 1.54) is 10.5 Å². The van der Waals surface area contributed by atoms with Crippen molar-refractivity contribution in [3.05, 3.63) is 22.6 Å². The molecule has 21 heavy (non-hydrogen) atoms. The Kier molecular flexibility index (Phi) is 3.25. The SMILES string of the molecule is Cc1nn2c(c1Cl)N(S(=O)(=O)c1cnn(C)c1C)CCC2. The number of fused-ring (bicyclic) bond motifs is 1. The fraction of sp³-hybridized carbons (Fsp3) is 0.500. The molecule has 114 valence electrons. The summed E-state index contributed by atoms with van der Waals surface area (Å²) < 4.78 is 30.4. The Balaban J connectivity index is 2.16. The summed E-state index contributed by atoms with van der Waals surface area (Å²) in [7, 11) is -1.98. The van der Waals surface area contributed by atoms with Crippen LogP contribution in [0.1, 0.15) is 17.8 Å². The van der Waals surface area contributed by atoms with Crippen LogP contribution in [0.4, 0.5) is 5.82 Å². The zero-order valence-electron chi connectivity index (χ0n) is 12.0. The third kappa shape index (κ3) is 2.04. The van der Waals surface area contributed by atoms with Crippen LogP contribution < -0.4 is 4.31 Å². The number of hydrogen-bond acceptors (Lipinski definition) is 4. The molecule has 0 aliphatic carbocycles. The van der Waals surface area contributed by atoms with E-state index in [-0.39, 0.29) is 4.90 Å². The molecule has 0 amide bonds. The largest absolute Gasteiger partial charge is 0.272 e. The molecule has 7 nitrogen and oxygen atoms in total. The van der Waals surface area contributed by atoms with Crippen molar-refractivity contribution in [1.29, 1.82) is 0 Å². The molecule has 0 spiro atoms. The summed E-state index contributed by atoms with van der Waals surface area (Å²) in [4.78, 5) is 0.202. The summed E-state index contributed by atoms with van der Waals surface area (Å²) in [6.45, 7) is 4.56. The van der Waals surface area contributed by atoms with E-state index >= 15 is 0 Å². The minimum atomic E-state index is -3.69. The number of hydrogen-bond donors (Lipinski definition) is 0. The Morgan fingerprint density at radius 1 is 1.29 bits per heavy atom. The van der Waals surface area contributed by atoms with Gasteiger partial charge in [-0.25, -0.2) is 17.4 Å². The zero-order valence-corrected chi connectivity index (χ0v) is 13.6. The van der Waals surface area contributed by atoms with Crippen LogP contribution in [0.2, 0.25) is 5.02 Å². The molecule has 2 aromatic rings. The Morgan fingerprint density at radius 2 is 2.00 bits per heavy atom. The van der Waals surface area contributed by atoms with Crippen LogP contribution in [0, 0.1) is 13.8 Å². The van der Waals surface area contributed by atoms with Gasteiger partial charge in [0.2, 0.25) is 0 Å². The van der Waals surface area contributed by atoms with Crippen LogP contribution in [-0.4, -0.2) is 34.5 Å². The van der Waals surface area contributed by atoms with E-state index in [1.54, 1.807) is 30.3 Å². The van der Waals surface area contributed by atoms with Gasteiger partial charge >= 0.3 is 0 Å². The highest BCUT2D eigenvalue weighted by atomic mass is 35.5. The van der Waals surface area contributed by atoms with Crippen molar-refractivity contribution in [2.75, 3.05) is 10.8 Å². The lowest BCUT2D eigenvalue weighted by molar-refractivity contribution is 0.530. The van der Waals surface area contributed by atoms with Crippen molar-refractivity contribution in [3.8, 4) is 0 Å². The first-order chi connectivity index (χ1) is 9.84. The third-order valence-electron chi connectivity index (χ3n) is 3.75. The van der Waals surface area contributed by atoms with Gasteiger partial charge in [-0.3, -0.25) is 4.68 Å². The molecule has 1 aliphatic rings. The summed E-state index contributed by atoms with van der Waals surface area (Å²) >= 11 is 6.25. The molecule has 0 bridgehead atoms. The molecule has 0 radical (unpaired) electrons. The average Bonchev–Trinajstić information content (AvgIpc) is 2.92. The second kappa shape index (κ2) is 4.74.